The van der Waals surface area contributed by atoms with Crippen molar-refractivity contribution in [1.82, 2.24) is 9.38 Å². The summed E-state index contributed by atoms with van der Waals surface area (Å²) in [4.78, 5) is 14.8. The van der Waals surface area contributed by atoms with Crippen molar-refractivity contribution in [2.24, 2.45) is 0 Å². The Morgan fingerprint density at radius 3 is 2.69 bits per heavy atom. The molecular weight excluding hydrogens is 238 g/mol. The molecule has 6 heteroatoms. The molecule has 0 aromatic carbocycles. The Hall–Kier alpha value is -0.274. The first-order valence-corrected chi connectivity index (χ1v) is 4.37. The molecule has 0 spiro atoms. The van der Waals surface area contributed by atoms with Crippen LogP contribution in [0.25, 0.3) is 5.65 Å². The predicted molar refractivity (Wildman–Crippen MR) is 49.0 cm³/mol. The molecule has 2 aromatic heterocycles. The van der Waals surface area contributed by atoms with E-state index in [9.17, 15) is 14.3 Å². The number of imidazole rings is 1. The summed E-state index contributed by atoms with van der Waals surface area (Å²) < 4.78 is 14.4. The van der Waals surface area contributed by atoms with Crippen molar-refractivity contribution in [3.8, 4) is 0 Å². The van der Waals surface area contributed by atoms with Crippen molar-refractivity contribution in [2.45, 2.75) is 13.8 Å². The number of nitrogens with zero attached hydrogens (tertiary/aromatic N) is 2. The molecule has 4 nitrogen and oxygen atoms in total. The van der Waals surface area contributed by atoms with Gasteiger partial charge in [-0.05, 0) is 25.5 Å². The van der Waals surface area contributed by atoms with E-state index in [0.717, 1.165) is 6.20 Å². The van der Waals surface area contributed by atoms with Crippen LogP contribution < -0.4 is 56.5 Å². The average Bonchev–Trinajstić information content (AvgIpc) is 2.41. The summed E-state index contributed by atoms with van der Waals surface area (Å²) in [5.41, 5.74) is 1.05. The molecule has 0 radical (unpaired) electrons. The Labute approximate surface area is 134 Å². The van der Waals surface area contributed by atoms with Crippen molar-refractivity contribution in [3.63, 3.8) is 0 Å². The van der Waals surface area contributed by atoms with Gasteiger partial charge in [0.1, 0.15) is 11.5 Å². The number of aromatic carboxylic acids is 1. The Bertz CT molecular complexity index is 565. The van der Waals surface area contributed by atoms with Crippen molar-refractivity contribution < 1.29 is 65.7 Å². The number of aryl methyl sites for hydroxylation is 2. The fraction of sp³-hybridized carbons (Fsp3) is 0.200. The van der Waals surface area contributed by atoms with Gasteiger partial charge >= 0.3 is 51.4 Å². The molecule has 0 fully saturated rings. The zero-order chi connectivity index (χ0) is 11.2. The zero-order valence-corrected chi connectivity index (χ0v) is 12.4. The Balaban J connectivity index is 0.00000128. The maximum Gasteiger partial charge on any atom is 1.00 e. The van der Waals surface area contributed by atoms with E-state index in [1.807, 2.05) is 0 Å². The second-order valence-electron chi connectivity index (χ2n) is 3.37. The fourth-order valence-corrected chi connectivity index (χ4v) is 1.52. The van der Waals surface area contributed by atoms with Crippen LogP contribution in [0.3, 0.4) is 0 Å². The molecule has 2 aromatic rings. The minimum Gasteiger partial charge on any atom is -0.543 e. The van der Waals surface area contributed by atoms with Gasteiger partial charge in [-0.2, -0.15) is 0 Å². The molecule has 0 unspecified atom stereocenters. The second-order valence-corrected chi connectivity index (χ2v) is 3.37. The van der Waals surface area contributed by atoms with Crippen LogP contribution in [0.5, 0.6) is 0 Å². The molecule has 0 saturated heterocycles. The summed E-state index contributed by atoms with van der Waals surface area (Å²) in [6, 6.07) is 1.49. The Morgan fingerprint density at radius 2 is 2.12 bits per heavy atom. The van der Waals surface area contributed by atoms with E-state index in [-0.39, 0.29) is 57.1 Å². The summed E-state index contributed by atoms with van der Waals surface area (Å²) >= 11 is 0. The topological polar surface area (TPSA) is 57.4 Å². The summed E-state index contributed by atoms with van der Waals surface area (Å²) in [7, 11) is 0. The molecule has 0 aliphatic rings. The van der Waals surface area contributed by atoms with Gasteiger partial charge in [0.15, 0.2) is 0 Å². The van der Waals surface area contributed by atoms with Crippen LogP contribution in [0.15, 0.2) is 12.3 Å². The summed E-state index contributed by atoms with van der Waals surface area (Å²) in [5.74, 6) is -1.83. The number of carbonyl (C=O) groups is 1. The third-order valence-electron chi connectivity index (χ3n) is 2.27. The number of carboxylic acids is 1. The fourth-order valence-electron chi connectivity index (χ4n) is 1.52. The second kappa shape index (κ2) is 4.93. The number of carbonyl (C=O) groups excluding carboxylic acids is 1. The molecule has 0 aliphatic heterocycles. The number of aromatic nitrogens is 2. The molecule has 0 saturated carbocycles. The van der Waals surface area contributed by atoms with E-state index < -0.39 is 11.8 Å². The van der Waals surface area contributed by atoms with Crippen molar-refractivity contribution in [2.75, 3.05) is 0 Å². The average molecular weight is 246 g/mol. The third-order valence-corrected chi connectivity index (χ3v) is 2.27. The largest absolute Gasteiger partial charge is 1.00 e. The summed E-state index contributed by atoms with van der Waals surface area (Å²) in [6.07, 6.45) is 1.11. The molecule has 0 atom stereocenters. The van der Waals surface area contributed by atoms with Gasteiger partial charge in [-0.3, -0.25) is 4.40 Å². The minimum atomic E-state index is -1.36. The molecule has 2 heterocycles. The van der Waals surface area contributed by atoms with Gasteiger partial charge in [0.2, 0.25) is 0 Å². The number of hydrogen-bond donors (Lipinski definition) is 0. The quantitative estimate of drug-likeness (QED) is 0.521. The third kappa shape index (κ3) is 2.21. The van der Waals surface area contributed by atoms with Crippen molar-refractivity contribution >= 4 is 11.6 Å². The molecule has 0 bridgehead atoms. The maximum atomic E-state index is 13.2. The first kappa shape index (κ1) is 13.8. The van der Waals surface area contributed by atoms with Crippen LogP contribution in [-0.4, -0.2) is 15.4 Å². The minimum absolute atomic E-state index is 0. The smallest absolute Gasteiger partial charge is 0.543 e. The van der Waals surface area contributed by atoms with E-state index in [4.69, 9.17) is 0 Å². The Morgan fingerprint density at radius 1 is 1.50 bits per heavy atom. The number of hydrogen-bond acceptors (Lipinski definition) is 3. The predicted octanol–water partition coefficient (Wildman–Crippen LogP) is -2.54. The molecular formula is C10H8FKN2O2. The molecule has 16 heavy (non-hydrogen) atoms. The first-order valence-electron chi connectivity index (χ1n) is 4.37. The molecule has 0 aliphatic carbocycles. The van der Waals surface area contributed by atoms with Gasteiger partial charge in [-0.1, -0.05) is 0 Å². The van der Waals surface area contributed by atoms with Crippen LogP contribution in [0.2, 0.25) is 0 Å². The normalized spacial score (nSPS) is 10.2. The van der Waals surface area contributed by atoms with Crippen LogP contribution in [-0.2, 0) is 0 Å². The molecule has 2 rings (SSSR count). The molecule has 0 N–H and O–H groups in total. The van der Waals surface area contributed by atoms with E-state index in [2.05, 4.69) is 4.98 Å². The number of halogens is 1. The SMILES string of the molecule is Cc1cc2nc(C)c(C(=O)[O-])n2cc1F.[K+]. The van der Waals surface area contributed by atoms with E-state index >= 15 is 0 Å². The van der Waals surface area contributed by atoms with E-state index in [1.54, 1.807) is 13.8 Å². The first-order chi connectivity index (χ1) is 7.00. The molecule has 0 amide bonds. The summed E-state index contributed by atoms with van der Waals surface area (Å²) in [6.45, 7) is 3.14. The van der Waals surface area contributed by atoms with Gasteiger partial charge in [-0.15, -0.1) is 0 Å². The van der Waals surface area contributed by atoms with Gasteiger partial charge in [0, 0.05) is 6.20 Å². The van der Waals surface area contributed by atoms with Crippen LogP contribution in [0.4, 0.5) is 4.39 Å². The standard InChI is InChI=1S/C10H9FN2O2.K/c1-5-3-8-12-6(2)9(10(14)15)13(8)4-7(5)11;/h3-4H,1-2H3,(H,14,15);/q;+1/p-1. The number of rotatable bonds is 1. The number of carboxylic acid groups (broad SMARTS) is 1. The maximum absolute atomic E-state index is 13.2. The summed E-state index contributed by atoms with van der Waals surface area (Å²) in [5, 5.41) is 10.8. The number of pyridine rings is 1. The van der Waals surface area contributed by atoms with Crippen molar-refractivity contribution in [1.29, 1.82) is 0 Å². The monoisotopic (exact) mass is 246 g/mol. The van der Waals surface area contributed by atoms with E-state index in [1.165, 1.54) is 10.5 Å². The zero-order valence-electron chi connectivity index (χ0n) is 9.24. The van der Waals surface area contributed by atoms with Crippen LogP contribution >= 0.6 is 0 Å². The van der Waals surface area contributed by atoms with Gasteiger partial charge < -0.3 is 9.90 Å². The number of fused-ring (bicyclic) bond motifs is 1. The van der Waals surface area contributed by atoms with Crippen LogP contribution in [0.1, 0.15) is 21.7 Å². The van der Waals surface area contributed by atoms with E-state index in [0.29, 0.717) is 16.9 Å². The van der Waals surface area contributed by atoms with Gasteiger partial charge in [-0.25, -0.2) is 9.37 Å². The van der Waals surface area contributed by atoms with Gasteiger partial charge in [0.05, 0.1) is 17.4 Å². The Kier molecular flexibility index (Phi) is 4.25. The van der Waals surface area contributed by atoms with Gasteiger partial charge in [0.25, 0.3) is 0 Å². The molecule has 78 valence electrons. The van der Waals surface area contributed by atoms with Crippen molar-refractivity contribution in [3.05, 3.63) is 35.0 Å². The van der Waals surface area contributed by atoms with Crippen LogP contribution in [0, 0.1) is 19.7 Å².